The van der Waals surface area contributed by atoms with Crippen LogP contribution in [0, 0.1) is 0 Å². The minimum absolute atomic E-state index is 0.237. The maximum Gasteiger partial charge on any atom is 0.407 e. The average Bonchev–Trinajstić information content (AvgIpc) is 2.95. The highest BCUT2D eigenvalue weighted by molar-refractivity contribution is 6.02. The van der Waals surface area contributed by atoms with Crippen LogP contribution in [0.2, 0.25) is 0 Å². The lowest BCUT2D eigenvalue weighted by Crippen LogP contribution is -2.48. The molecule has 208 valence electrons. The molecule has 1 saturated heterocycles. The number of carbonyl (C=O) groups is 3. The third kappa shape index (κ3) is 7.53. The van der Waals surface area contributed by atoms with Crippen LogP contribution in [0.1, 0.15) is 18.1 Å². The Morgan fingerprint density at radius 1 is 0.950 bits per heavy atom. The van der Waals surface area contributed by atoms with Gasteiger partial charge < -0.3 is 34.4 Å². The number of esters is 1. The van der Waals surface area contributed by atoms with Gasteiger partial charge in [-0.05, 0) is 42.0 Å². The molecule has 2 amide bonds. The van der Waals surface area contributed by atoms with Gasteiger partial charge in [0, 0.05) is 62.2 Å². The third-order valence-electron chi connectivity index (χ3n) is 6.27. The number of anilines is 2. The lowest BCUT2D eigenvalue weighted by molar-refractivity contribution is -0.132. The Kier molecular flexibility index (Phi) is 9.24. The molecule has 10 heteroatoms. The minimum Gasteiger partial charge on any atom is -0.493 e. The van der Waals surface area contributed by atoms with E-state index in [0.29, 0.717) is 48.9 Å². The smallest absolute Gasteiger partial charge is 0.407 e. The summed E-state index contributed by atoms with van der Waals surface area (Å²) in [4.78, 5) is 38.8. The van der Waals surface area contributed by atoms with Gasteiger partial charge in [-0.2, -0.15) is 0 Å². The van der Waals surface area contributed by atoms with Gasteiger partial charge in [-0.3, -0.25) is 9.59 Å². The monoisotopic (exact) mass is 545 g/mol. The number of methoxy groups -OCH3 is 1. The molecule has 1 fully saturated rings. The van der Waals surface area contributed by atoms with Crippen LogP contribution in [0.25, 0.3) is 6.08 Å². The van der Waals surface area contributed by atoms with Crippen molar-refractivity contribution in [1.82, 2.24) is 4.90 Å². The molecule has 0 unspecified atom stereocenters. The van der Waals surface area contributed by atoms with Crippen LogP contribution in [0.4, 0.5) is 16.2 Å². The molecule has 0 aromatic heterocycles. The van der Waals surface area contributed by atoms with Crippen molar-refractivity contribution in [3.63, 3.8) is 0 Å². The van der Waals surface area contributed by atoms with Gasteiger partial charge >= 0.3 is 12.1 Å². The molecule has 0 atom stereocenters. The van der Waals surface area contributed by atoms with Crippen molar-refractivity contribution in [1.29, 1.82) is 0 Å². The van der Waals surface area contributed by atoms with Crippen molar-refractivity contribution in [3.8, 4) is 17.2 Å². The van der Waals surface area contributed by atoms with Crippen molar-refractivity contribution in [2.45, 2.75) is 13.5 Å². The Bertz CT molecular complexity index is 1400. The molecule has 1 aliphatic rings. The van der Waals surface area contributed by atoms with E-state index in [2.05, 4.69) is 10.2 Å². The zero-order valence-electron chi connectivity index (χ0n) is 22.3. The Balaban J connectivity index is 1.37. The topological polar surface area (TPSA) is 118 Å². The molecule has 10 nitrogen and oxygen atoms in total. The fourth-order valence-corrected chi connectivity index (χ4v) is 4.23. The number of piperazine rings is 1. The summed E-state index contributed by atoms with van der Waals surface area (Å²) in [6.07, 6.45) is 2.11. The second kappa shape index (κ2) is 13.2. The predicted molar refractivity (Wildman–Crippen MR) is 151 cm³/mol. The number of nitrogens with zero attached hydrogens (tertiary/aromatic N) is 2. The van der Waals surface area contributed by atoms with E-state index < -0.39 is 12.1 Å². The van der Waals surface area contributed by atoms with Crippen molar-refractivity contribution in [2.24, 2.45) is 0 Å². The second-order valence-corrected chi connectivity index (χ2v) is 9.03. The maximum atomic E-state index is 12.7. The number of benzene rings is 3. The predicted octanol–water partition coefficient (Wildman–Crippen LogP) is 4.65. The van der Waals surface area contributed by atoms with Gasteiger partial charge in [-0.15, -0.1) is 0 Å². The number of rotatable bonds is 9. The molecule has 0 bridgehead atoms. The first-order chi connectivity index (χ1) is 19.3. The number of nitrogens with one attached hydrogen (secondary N) is 1. The quantitative estimate of drug-likeness (QED) is 0.227. The summed E-state index contributed by atoms with van der Waals surface area (Å²) >= 11 is 0. The summed E-state index contributed by atoms with van der Waals surface area (Å²) in [5.74, 6) is 0.548. The number of hydrogen-bond acceptors (Lipinski definition) is 7. The maximum absolute atomic E-state index is 12.7. The number of amides is 2. The Morgan fingerprint density at radius 2 is 1.73 bits per heavy atom. The number of hydrogen-bond donors (Lipinski definition) is 2. The number of ether oxygens (including phenoxy) is 3. The Hall–Kier alpha value is -4.99. The van der Waals surface area contributed by atoms with E-state index >= 15 is 0 Å². The fraction of sp³-hybridized carbons (Fsp3) is 0.233. The van der Waals surface area contributed by atoms with Crippen LogP contribution in [0.15, 0.2) is 72.8 Å². The first-order valence-electron chi connectivity index (χ1n) is 12.7. The van der Waals surface area contributed by atoms with Crippen LogP contribution in [0.5, 0.6) is 17.2 Å². The summed E-state index contributed by atoms with van der Waals surface area (Å²) in [5, 5.41) is 12.1. The molecule has 0 saturated carbocycles. The van der Waals surface area contributed by atoms with Gasteiger partial charge in [0.05, 0.1) is 7.11 Å². The van der Waals surface area contributed by atoms with Crippen LogP contribution >= 0.6 is 0 Å². The lowest BCUT2D eigenvalue weighted by Gasteiger charge is -2.34. The molecule has 1 heterocycles. The molecule has 1 aliphatic heterocycles. The van der Waals surface area contributed by atoms with Gasteiger partial charge in [0.1, 0.15) is 12.4 Å². The summed E-state index contributed by atoms with van der Waals surface area (Å²) in [6.45, 7) is 3.67. The van der Waals surface area contributed by atoms with Crippen LogP contribution < -0.4 is 24.4 Å². The van der Waals surface area contributed by atoms with Crippen molar-refractivity contribution in [3.05, 3.63) is 83.9 Å². The van der Waals surface area contributed by atoms with Gasteiger partial charge in [-0.1, -0.05) is 30.3 Å². The Labute approximate surface area is 232 Å². The molecule has 0 aliphatic carbocycles. The molecule has 4 rings (SSSR count). The molecule has 2 N–H and O–H groups in total. The van der Waals surface area contributed by atoms with Crippen molar-refractivity contribution < 1.29 is 33.7 Å². The molecular formula is C30H31N3O7. The van der Waals surface area contributed by atoms with Gasteiger partial charge in [0.25, 0.3) is 0 Å². The summed E-state index contributed by atoms with van der Waals surface area (Å²) in [5.41, 5.74) is 3.04. The van der Waals surface area contributed by atoms with E-state index in [1.807, 2.05) is 42.5 Å². The molecule has 3 aromatic rings. The number of carbonyl (C=O) groups excluding carboxylic acids is 2. The highest BCUT2D eigenvalue weighted by atomic mass is 16.6. The third-order valence-corrected chi connectivity index (χ3v) is 6.27. The molecule has 0 radical (unpaired) electrons. The summed E-state index contributed by atoms with van der Waals surface area (Å²) in [6, 6.07) is 20.1. The molecule has 40 heavy (non-hydrogen) atoms. The zero-order valence-corrected chi connectivity index (χ0v) is 22.3. The second-order valence-electron chi connectivity index (χ2n) is 9.03. The van der Waals surface area contributed by atoms with E-state index in [4.69, 9.17) is 19.3 Å². The molecular weight excluding hydrogens is 514 g/mol. The first kappa shape index (κ1) is 28.0. The average molecular weight is 546 g/mol. The first-order valence-corrected chi connectivity index (χ1v) is 12.7. The fourth-order valence-electron chi connectivity index (χ4n) is 4.23. The number of carboxylic acid groups (broad SMARTS) is 1. The summed E-state index contributed by atoms with van der Waals surface area (Å²) in [7, 11) is 1.48. The summed E-state index contributed by atoms with van der Waals surface area (Å²) < 4.78 is 16.4. The van der Waals surface area contributed by atoms with E-state index in [9.17, 15) is 14.4 Å². The highest BCUT2D eigenvalue weighted by Crippen LogP contribution is 2.29. The van der Waals surface area contributed by atoms with Crippen molar-refractivity contribution in [2.75, 3.05) is 43.5 Å². The molecule has 0 spiro atoms. The van der Waals surface area contributed by atoms with Crippen LogP contribution in [-0.2, 0) is 16.2 Å². The molecule has 3 aromatic carbocycles. The minimum atomic E-state index is -0.896. The van der Waals surface area contributed by atoms with Gasteiger partial charge in [0.2, 0.25) is 5.91 Å². The van der Waals surface area contributed by atoms with Crippen LogP contribution in [0.3, 0.4) is 0 Å². The van der Waals surface area contributed by atoms with Gasteiger partial charge in [-0.25, -0.2) is 4.79 Å². The van der Waals surface area contributed by atoms with E-state index in [1.165, 1.54) is 25.0 Å². The standard InChI is InChI=1S/C30H31N3O7/c1-21(34)40-28-18-22(10-12-27(28)38-2)11-13-29(35)31-26-9-4-3-6-23(26)20-39-25-8-5-7-24(19-25)32-14-16-33(17-15-32)30(36)37/h3-13,18-19H,14-17,20H2,1-2H3,(H,31,35)(H,36,37)/b13-11+. The van der Waals surface area contributed by atoms with Crippen molar-refractivity contribution >= 4 is 35.4 Å². The van der Waals surface area contributed by atoms with E-state index in [-0.39, 0.29) is 18.3 Å². The zero-order chi connectivity index (χ0) is 28.5. The number of para-hydroxylation sites is 1. The lowest BCUT2D eigenvalue weighted by atomic mass is 10.1. The highest BCUT2D eigenvalue weighted by Gasteiger charge is 2.20. The van der Waals surface area contributed by atoms with Gasteiger partial charge in [0.15, 0.2) is 11.5 Å². The van der Waals surface area contributed by atoms with E-state index in [0.717, 1.165) is 11.3 Å². The Morgan fingerprint density at radius 3 is 2.45 bits per heavy atom. The SMILES string of the molecule is COc1ccc(/C=C/C(=O)Nc2ccccc2COc2cccc(N3CCN(C(=O)O)CC3)c2)cc1OC(C)=O. The van der Waals surface area contributed by atoms with E-state index in [1.54, 1.807) is 30.3 Å². The normalized spacial score (nSPS) is 13.2. The largest absolute Gasteiger partial charge is 0.493 e. The van der Waals surface area contributed by atoms with Crippen LogP contribution in [-0.4, -0.2) is 61.3 Å².